The molecule has 0 unspecified atom stereocenters. The molecule has 0 bridgehead atoms. The van der Waals surface area contributed by atoms with Crippen LogP contribution in [-0.4, -0.2) is 13.5 Å². The molecule has 0 saturated heterocycles. The number of sulfonamides is 1. The SMILES string of the molecule is Cc1ccc(NS(=O)(=O)c2cc(N)cs2)cc1O. The van der Waals surface area contributed by atoms with Crippen LogP contribution in [0.3, 0.4) is 0 Å². The highest BCUT2D eigenvalue weighted by Crippen LogP contribution is 2.26. The molecule has 2 rings (SSSR count). The van der Waals surface area contributed by atoms with Gasteiger partial charge in [-0.3, -0.25) is 4.72 Å². The molecule has 2 aromatic rings. The maximum Gasteiger partial charge on any atom is 0.271 e. The number of nitrogens with two attached hydrogens (primary N) is 1. The van der Waals surface area contributed by atoms with Gasteiger partial charge in [-0.1, -0.05) is 6.07 Å². The summed E-state index contributed by atoms with van der Waals surface area (Å²) in [6.07, 6.45) is 0. The Morgan fingerprint density at radius 2 is 2.06 bits per heavy atom. The number of thiophene rings is 1. The Labute approximate surface area is 109 Å². The topological polar surface area (TPSA) is 92.4 Å². The summed E-state index contributed by atoms with van der Waals surface area (Å²) in [5.74, 6) is 0.0425. The molecule has 4 N–H and O–H groups in total. The fourth-order valence-corrected chi connectivity index (χ4v) is 3.48. The summed E-state index contributed by atoms with van der Waals surface area (Å²) in [6, 6.07) is 5.98. The van der Waals surface area contributed by atoms with E-state index < -0.39 is 10.0 Å². The average Bonchev–Trinajstić information content (AvgIpc) is 2.71. The van der Waals surface area contributed by atoms with Crippen molar-refractivity contribution in [2.24, 2.45) is 0 Å². The van der Waals surface area contributed by atoms with E-state index in [0.717, 1.165) is 11.3 Å². The maximum absolute atomic E-state index is 12.0. The highest BCUT2D eigenvalue weighted by atomic mass is 32.2. The first-order valence-corrected chi connectivity index (χ1v) is 7.41. The monoisotopic (exact) mass is 284 g/mol. The standard InChI is InChI=1S/C11H12N2O3S2/c1-7-2-3-9(5-10(7)14)13-18(15,16)11-4-8(12)6-17-11/h2-6,13-14H,12H2,1H3. The molecular formula is C11H12N2O3S2. The normalized spacial score (nSPS) is 11.4. The van der Waals surface area contributed by atoms with Gasteiger partial charge in [0.05, 0.1) is 5.69 Å². The molecule has 0 spiro atoms. The van der Waals surface area contributed by atoms with Crippen LogP contribution in [0.4, 0.5) is 11.4 Å². The van der Waals surface area contributed by atoms with Crippen LogP contribution in [-0.2, 0) is 10.0 Å². The molecule has 0 fully saturated rings. The summed E-state index contributed by atoms with van der Waals surface area (Å²) >= 11 is 1.05. The van der Waals surface area contributed by atoms with Gasteiger partial charge in [-0.15, -0.1) is 11.3 Å². The Morgan fingerprint density at radius 1 is 1.33 bits per heavy atom. The third-order valence-corrected chi connectivity index (χ3v) is 5.16. The van der Waals surface area contributed by atoms with E-state index in [0.29, 0.717) is 16.9 Å². The Balaban J connectivity index is 2.30. The fraction of sp³-hybridized carbons (Fsp3) is 0.0909. The molecule has 1 aromatic heterocycles. The van der Waals surface area contributed by atoms with Crippen molar-refractivity contribution in [1.82, 2.24) is 0 Å². The minimum atomic E-state index is -3.64. The van der Waals surface area contributed by atoms with E-state index in [-0.39, 0.29) is 9.96 Å². The number of aryl methyl sites for hydroxylation is 1. The van der Waals surface area contributed by atoms with Gasteiger partial charge >= 0.3 is 0 Å². The van der Waals surface area contributed by atoms with Gasteiger partial charge in [0.25, 0.3) is 10.0 Å². The molecule has 0 saturated carbocycles. The number of hydrogen-bond donors (Lipinski definition) is 3. The van der Waals surface area contributed by atoms with Gasteiger partial charge in [0.2, 0.25) is 0 Å². The molecule has 0 aliphatic carbocycles. The molecule has 0 atom stereocenters. The second-order valence-electron chi connectivity index (χ2n) is 3.81. The molecule has 0 radical (unpaired) electrons. The third-order valence-electron chi connectivity index (χ3n) is 2.32. The number of aromatic hydroxyl groups is 1. The molecule has 0 aliphatic heterocycles. The number of benzene rings is 1. The van der Waals surface area contributed by atoms with E-state index in [2.05, 4.69) is 4.72 Å². The predicted molar refractivity (Wildman–Crippen MR) is 72.4 cm³/mol. The lowest BCUT2D eigenvalue weighted by Crippen LogP contribution is -2.11. The molecule has 1 heterocycles. The smallest absolute Gasteiger partial charge is 0.271 e. The summed E-state index contributed by atoms with van der Waals surface area (Å²) in [5.41, 5.74) is 6.89. The highest BCUT2D eigenvalue weighted by molar-refractivity contribution is 7.94. The van der Waals surface area contributed by atoms with Gasteiger partial charge in [0.15, 0.2) is 0 Å². The van der Waals surface area contributed by atoms with Crippen LogP contribution in [0, 0.1) is 6.92 Å². The van der Waals surface area contributed by atoms with Crippen molar-refractivity contribution in [3.8, 4) is 5.75 Å². The zero-order chi connectivity index (χ0) is 13.3. The van der Waals surface area contributed by atoms with Crippen molar-refractivity contribution in [3.63, 3.8) is 0 Å². The van der Waals surface area contributed by atoms with Gasteiger partial charge < -0.3 is 10.8 Å². The Kier molecular flexibility index (Phi) is 3.18. The fourth-order valence-electron chi connectivity index (χ4n) is 1.35. The van der Waals surface area contributed by atoms with Gasteiger partial charge in [-0.2, -0.15) is 0 Å². The van der Waals surface area contributed by atoms with E-state index in [1.165, 1.54) is 12.1 Å². The minimum Gasteiger partial charge on any atom is -0.508 e. The zero-order valence-corrected chi connectivity index (χ0v) is 11.2. The predicted octanol–water partition coefficient (Wildman–Crippen LogP) is 2.15. The number of hydrogen-bond acceptors (Lipinski definition) is 5. The second kappa shape index (κ2) is 4.51. The third kappa shape index (κ3) is 2.57. The summed E-state index contributed by atoms with van der Waals surface area (Å²) < 4.78 is 26.5. The van der Waals surface area contributed by atoms with E-state index in [1.54, 1.807) is 24.4 Å². The molecule has 0 aliphatic rings. The van der Waals surface area contributed by atoms with Crippen LogP contribution < -0.4 is 10.5 Å². The Bertz CT molecular complexity index is 677. The summed E-state index contributed by atoms with van der Waals surface area (Å²) in [4.78, 5) is 0. The van der Waals surface area contributed by atoms with Crippen LogP contribution in [0.15, 0.2) is 33.9 Å². The summed E-state index contributed by atoms with van der Waals surface area (Å²) in [7, 11) is -3.64. The van der Waals surface area contributed by atoms with Crippen molar-refractivity contribution in [1.29, 1.82) is 0 Å². The van der Waals surface area contributed by atoms with Gasteiger partial charge in [0, 0.05) is 17.1 Å². The van der Waals surface area contributed by atoms with E-state index in [4.69, 9.17) is 5.73 Å². The maximum atomic E-state index is 12.0. The van der Waals surface area contributed by atoms with Crippen molar-refractivity contribution in [3.05, 3.63) is 35.2 Å². The average molecular weight is 284 g/mol. The largest absolute Gasteiger partial charge is 0.508 e. The number of rotatable bonds is 3. The molecule has 96 valence electrons. The molecule has 1 aromatic carbocycles. The molecule has 18 heavy (non-hydrogen) atoms. The summed E-state index contributed by atoms with van der Waals surface area (Å²) in [6.45, 7) is 1.73. The first-order chi connectivity index (χ1) is 8.38. The van der Waals surface area contributed by atoms with Crippen LogP contribution in [0.5, 0.6) is 5.75 Å². The lowest BCUT2D eigenvalue weighted by molar-refractivity contribution is 0.471. The lowest BCUT2D eigenvalue weighted by atomic mass is 10.2. The van der Waals surface area contributed by atoms with Crippen LogP contribution in [0.2, 0.25) is 0 Å². The number of nitrogens with one attached hydrogen (secondary N) is 1. The minimum absolute atomic E-state index is 0.0425. The van der Waals surface area contributed by atoms with Crippen molar-refractivity contribution in [2.75, 3.05) is 10.5 Å². The molecular weight excluding hydrogens is 272 g/mol. The first kappa shape index (κ1) is 12.7. The van der Waals surface area contributed by atoms with Gasteiger partial charge in [0.1, 0.15) is 9.96 Å². The number of phenolic OH excluding ortho intramolecular Hbond substituents is 1. The van der Waals surface area contributed by atoms with Gasteiger partial charge in [-0.25, -0.2) is 8.42 Å². The number of anilines is 2. The van der Waals surface area contributed by atoms with Crippen LogP contribution in [0.25, 0.3) is 0 Å². The highest BCUT2D eigenvalue weighted by Gasteiger charge is 2.16. The Morgan fingerprint density at radius 3 is 2.61 bits per heavy atom. The number of phenols is 1. The first-order valence-electron chi connectivity index (χ1n) is 5.05. The molecule has 7 heteroatoms. The van der Waals surface area contributed by atoms with Crippen molar-refractivity contribution < 1.29 is 13.5 Å². The Hall–Kier alpha value is -1.73. The van der Waals surface area contributed by atoms with E-state index in [1.807, 2.05) is 0 Å². The lowest BCUT2D eigenvalue weighted by Gasteiger charge is -2.07. The second-order valence-corrected chi connectivity index (χ2v) is 6.63. The number of nitrogen functional groups attached to an aromatic ring is 1. The quantitative estimate of drug-likeness (QED) is 0.805. The van der Waals surface area contributed by atoms with Crippen molar-refractivity contribution in [2.45, 2.75) is 11.1 Å². The summed E-state index contributed by atoms with van der Waals surface area (Å²) in [5, 5.41) is 11.1. The van der Waals surface area contributed by atoms with E-state index >= 15 is 0 Å². The van der Waals surface area contributed by atoms with Crippen LogP contribution >= 0.6 is 11.3 Å². The van der Waals surface area contributed by atoms with Crippen molar-refractivity contribution >= 4 is 32.7 Å². The van der Waals surface area contributed by atoms with Crippen LogP contribution in [0.1, 0.15) is 5.56 Å². The van der Waals surface area contributed by atoms with E-state index in [9.17, 15) is 13.5 Å². The molecule has 0 amide bonds. The zero-order valence-electron chi connectivity index (χ0n) is 9.54. The molecule has 5 nitrogen and oxygen atoms in total. The van der Waals surface area contributed by atoms with Gasteiger partial charge in [-0.05, 0) is 24.6 Å².